The molecule has 3 aromatic heterocycles. The predicted octanol–water partition coefficient (Wildman–Crippen LogP) is 9.30. The van der Waals surface area contributed by atoms with Crippen LogP contribution in [-0.2, 0) is 16.6 Å². The number of piperazine rings is 1. The fourth-order valence-electron chi connectivity index (χ4n) is 12.3. The van der Waals surface area contributed by atoms with Crippen LogP contribution in [-0.4, -0.2) is 114 Å². The van der Waals surface area contributed by atoms with Gasteiger partial charge in [0.1, 0.15) is 39.2 Å². The summed E-state index contributed by atoms with van der Waals surface area (Å²) in [5, 5.41) is 26.8. The first kappa shape index (κ1) is 52.1. The van der Waals surface area contributed by atoms with E-state index in [0.717, 1.165) is 82.2 Å². The average molecular weight is 1070 g/mol. The number of ether oxygens (including phenoxy) is 4. The molecule has 4 N–H and O–H groups in total. The summed E-state index contributed by atoms with van der Waals surface area (Å²) in [5.41, 5.74) is 3.38. The fourth-order valence-corrected chi connectivity index (χ4v) is 13.4. The molecule has 19 nitrogen and oxygen atoms in total. The average Bonchev–Trinajstić information content (AvgIpc) is 4.18. The molecule has 2 saturated heterocycles. The molecule has 77 heavy (non-hydrogen) atoms. The molecule has 6 heterocycles. The largest absolute Gasteiger partial charge is 0.497 e. The SMILES string of the molecule is COc1ccc(CN2CCN(C3CC4(CCN(c5cc(Oc6cnc7[nH]ccc7c6)c(C(=O)NS(=O)(=O)c6cc([N+](=O)[O-])c(NC[C@H]7CC[C@](C)(O)CC7)c7c6OCO7)cn5)CC4)C3)[C@H](c3ccccc3C(C)C)C2)cc1. The lowest BCUT2D eigenvalue weighted by atomic mass is 9.59. The summed E-state index contributed by atoms with van der Waals surface area (Å²) in [6.45, 7) is 11.5. The number of pyridine rings is 2. The molecule has 1 amide bonds. The third kappa shape index (κ3) is 10.8. The highest BCUT2D eigenvalue weighted by Gasteiger charge is 2.50. The highest BCUT2D eigenvalue weighted by Crippen LogP contribution is 2.54. The summed E-state index contributed by atoms with van der Waals surface area (Å²) in [6, 6.07) is 24.2. The Labute approximate surface area is 448 Å². The Morgan fingerprint density at radius 1 is 0.948 bits per heavy atom. The second kappa shape index (κ2) is 21.1. The van der Waals surface area contributed by atoms with Gasteiger partial charge in [0.05, 0.1) is 23.8 Å². The van der Waals surface area contributed by atoms with Gasteiger partial charge in [0.25, 0.3) is 21.6 Å². The van der Waals surface area contributed by atoms with E-state index in [0.29, 0.717) is 61.4 Å². The van der Waals surface area contributed by atoms with E-state index >= 15 is 0 Å². The molecule has 4 fully saturated rings. The quantitative estimate of drug-likeness (QED) is 0.0523. The molecule has 406 valence electrons. The van der Waals surface area contributed by atoms with Crippen molar-refractivity contribution in [2.45, 2.75) is 107 Å². The maximum atomic E-state index is 14.3. The van der Waals surface area contributed by atoms with E-state index < -0.39 is 43.8 Å². The predicted molar refractivity (Wildman–Crippen MR) is 290 cm³/mol. The van der Waals surface area contributed by atoms with Crippen LogP contribution >= 0.6 is 0 Å². The van der Waals surface area contributed by atoms with Gasteiger partial charge in [-0.2, -0.15) is 0 Å². The molecule has 0 radical (unpaired) electrons. The number of amides is 1. The van der Waals surface area contributed by atoms with Crippen molar-refractivity contribution in [3.8, 4) is 28.7 Å². The number of hydrogen-bond acceptors (Lipinski definition) is 16. The van der Waals surface area contributed by atoms with Gasteiger partial charge in [-0.3, -0.25) is 24.7 Å². The molecule has 11 rings (SSSR count). The summed E-state index contributed by atoms with van der Waals surface area (Å²) >= 11 is 0. The van der Waals surface area contributed by atoms with Crippen molar-refractivity contribution in [3.63, 3.8) is 0 Å². The van der Waals surface area contributed by atoms with Crippen LogP contribution in [0.1, 0.15) is 111 Å². The van der Waals surface area contributed by atoms with Crippen LogP contribution in [0.2, 0.25) is 0 Å². The third-order valence-electron chi connectivity index (χ3n) is 16.8. The van der Waals surface area contributed by atoms with Crippen LogP contribution < -0.4 is 33.9 Å². The van der Waals surface area contributed by atoms with Gasteiger partial charge >= 0.3 is 0 Å². The number of sulfonamides is 1. The van der Waals surface area contributed by atoms with Crippen LogP contribution in [0.4, 0.5) is 17.2 Å². The maximum absolute atomic E-state index is 14.3. The summed E-state index contributed by atoms with van der Waals surface area (Å²) < 4.78 is 53.7. The van der Waals surface area contributed by atoms with Crippen molar-refractivity contribution >= 4 is 44.2 Å². The van der Waals surface area contributed by atoms with Gasteiger partial charge in [-0.05, 0) is 116 Å². The number of fused-ring (bicyclic) bond motifs is 2. The first-order valence-electron chi connectivity index (χ1n) is 26.7. The second-order valence-electron chi connectivity index (χ2n) is 22.2. The highest BCUT2D eigenvalue weighted by atomic mass is 32.2. The molecule has 20 heteroatoms. The van der Waals surface area contributed by atoms with E-state index in [1.165, 1.54) is 29.1 Å². The normalized spacial score (nSPS) is 21.8. The lowest BCUT2D eigenvalue weighted by Gasteiger charge is -2.58. The van der Waals surface area contributed by atoms with Gasteiger partial charge in [-0.1, -0.05) is 50.2 Å². The van der Waals surface area contributed by atoms with Gasteiger partial charge in [0, 0.05) is 87.8 Å². The zero-order chi connectivity index (χ0) is 53.6. The fraction of sp³-hybridized carbons (Fsp3) is 0.456. The Kier molecular flexibility index (Phi) is 14.3. The van der Waals surface area contributed by atoms with Crippen molar-refractivity contribution < 1.29 is 42.2 Å². The van der Waals surface area contributed by atoms with Crippen molar-refractivity contribution in [2.24, 2.45) is 11.3 Å². The number of methoxy groups -OCH3 is 1. The lowest BCUT2D eigenvalue weighted by Crippen LogP contribution is -2.60. The molecule has 5 aliphatic rings. The number of carbonyl (C=O) groups excluding carboxylic acids is 1. The number of piperidine rings is 1. The summed E-state index contributed by atoms with van der Waals surface area (Å²) in [4.78, 5) is 45.3. The molecule has 2 aliphatic carbocycles. The Hall–Kier alpha value is -7.00. The third-order valence-corrected chi connectivity index (χ3v) is 18.1. The monoisotopic (exact) mass is 1070 g/mol. The molecule has 3 aromatic carbocycles. The number of nitrogens with zero attached hydrogens (tertiary/aromatic N) is 6. The van der Waals surface area contributed by atoms with E-state index in [1.54, 1.807) is 32.4 Å². The number of rotatable bonds is 16. The number of aromatic amines is 1. The number of H-pyrrole nitrogens is 1. The molecule has 3 aliphatic heterocycles. The number of nitrogens with one attached hydrogen (secondary N) is 3. The van der Waals surface area contributed by atoms with E-state index in [1.807, 2.05) is 18.2 Å². The molecular weight excluding hydrogens is 1000 g/mol. The van der Waals surface area contributed by atoms with Gasteiger partial charge in [-0.15, -0.1) is 0 Å². The Bertz CT molecular complexity index is 3270. The standard InChI is InChI=1S/C57H67N9O10S/c1-36(2)43-7-5-6-8-44(43)47-34-63(33-38-9-11-41(73-4)12-10-38)23-24-65(47)40-28-57(29-40)18-21-64(22-19-57)50-27-48(76-42-25-39-15-20-58-54(39)61-31-42)45(32-59-50)55(67)62-77(71,72)49-26-46(66(69)70)51(53-52(49)74-35-75-53)60-30-37-13-16-56(3,68)17-14-37/h5-12,15,20,25-27,31-32,36-37,40,47,60,68H,13-14,16-19,21-24,28-30,33-35H2,1-4H3,(H,58,61)(H,62,67)/t37-,47-,56-/m0/s1. The van der Waals surface area contributed by atoms with Gasteiger partial charge in [0.15, 0.2) is 17.2 Å². The second-order valence-corrected chi connectivity index (χ2v) is 23.9. The van der Waals surface area contributed by atoms with Crippen LogP contribution in [0.3, 0.4) is 0 Å². The van der Waals surface area contributed by atoms with E-state index in [9.17, 15) is 28.4 Å². The first-order chi connectivity index (χ1) is 37.0. The highest BCUT2D eigenvalue weighted by molar-refractivity contribution is 7.90. The minimum absolute atomic E-state index is 0.0261. The smallest absolute Gasteiger partial charge is 0.297 e. The van der Waals surface area contributed by atoms with Crippen LogP contribution in [0.15, 0.2) is 96.3 Å². The Balaban J connectivity index is 0.801. The molecule has 0 bridgehead atoms. The summed E-state index contributed by atoms with van der Waals surface area (Å²) in [5.74, 6) is 0.808. The van der Waals surface area contributed by atoms with Gasteiger partial charge in [0.2, 0.25) is 6.79 Å². The topological polar surface area (TPSA) is 227 Å². The number of hydrogen-bond donors (Lipinski definition) is 4. The summed E-state index contributed by atoms with van der Waals surface area (Å²) in [6.07, 6.45) is 11.3. The van der Waals surface area contributed by atoms with E-state index in [2.05, 4.69) is 85.0 Å². The first-order valence-corrected chi connectivity index (χ1v) is 28.2. The van der Waals surface area contributed by atoms with Crippen molar-refractivity contribution in [3.05, 3.63) is 124 Å². The zero-order valence-corrected chi connectivity index (χ0v) is 44.8. The number of aromatic nitrogens is 3. The summed E-state index contributed by atoms with van der Waals surface area (Å²) in [7, 11) is -3.15. The minimum Gasteiger partial charge on any atom is -0.497 e. The van der Waals surface area contributed by atoms with Crippen LogP contribution in [0.25, 0.3) is 11.0 Å². The van der Waals surface area contributed by atoms with Gasteiger partial charge in [-0.25, -0.2) is 23.1 Å². The van der Waals surface area contributed by atoms with Crippen molar-refractivity contribution in [1.29, 1.82) is 0 Å². The number of anilines is 2. The molecule has 1 spiro atoms. The molecule has 0 unspecified atom stereocenters. The number of aliphatic hydroxyl groups is 1. The Morgan fingerprint density at radius 2 is 1.70 bits per heavy atom. The van der Waals surface area contributed by atoms with Gasteiger partial charge < -0.3 is 39.3 Å². The molecule has 1 atom stereocenters. The maximum Gasteiger partial charge on any atom is 0.297 e. The molecule has 2 saturated carbocycles. The number of nitro groups is 1. The van der Waals surface area contributed by atoms with Crippen LogP contribution in [0.5, 0.6) is 28.7 Å². The van der Waals surface area contributed by atoms with Crippen molar-refractivity contribution in [1.82, 2.24) is 29.5 Å². The molecular formula is C57H67N9O10S. The Morgan fingerprint density at radius 3 is 2.44 bits per heavy atom. The van der Waals surface area contributed by atoms with Crippen molar-refractivity contribution in [2.75, 3.05) is 63.4 Å². The van der Waals surface area contributed by atoms with Crippen LogP contribution in [0, 0.1) is 21.4 Å². The lowest BCUT2D eigenvalue weighted by molar-refractivity contribution is -0.384. The number of carbonyl (C=O) groups is 1. The zero-order valence-electron chi connectivity index (χ0n) is 44.0. The minimum atomic E-state index is -4.85. The molecule has 6 aromatic rings. The number of nitro benzene ring substituents is 1. The van der Waals surface area contributed by atoms with E-state index in [-0.39, 0.29) is 45.9 Å². The number of benzene rings is 3. The van der Waals surface area contributed by atoms with E-state index in [4.69, 9.17) is 23.9 Å².